The molecule has 0 bridgehead atoms. The van der Waals surface area contributed by atoms with Gasteiger partial charge in [-0.1, -0.05) is 61.5 Å². The predicted octanol–water partition coefficient (Wildman–Crippen LogP) is 6.48. The number of fused-ring (bicyclic) bond motifs is 1. The highest BCUT2D eigenvalue weighted by Crippen LogP contribution is 2.27. The molecule has 0 saturated heterocycles. The first-order valence-corrected chi connectivity index (χ1v) is 10.8. The highest BCUT2D eigenvalue weighted by atomic mass is 16.5. The first-order chi connectivity index (χ1) is 15.6. The third kappa shape index (κ3) is 5.22. The SMILES string of the molecule is CCc1ccc(N=Cc2c(OCC(=O)Nc3cccc(C)c3)ccc3ccccc23)cc1. The lowest BCUT2D eigenvalue weighted by atomic mass is 10.0. The smallest absolute Gasteiger partial charge is 0.262 e. The van der Waals surface area contributed by atoms with Crippen LogP contribution in [0.1, 0.15) is 23.6 Å². The van der Waals surface area contributed by atoms with Gasteiger partial charge in [0.15, 0.2) is 6.61 Å². The molecule has 0 atom stereocenters. The molecule has 4 aromatic carbocycles. The molecule has 1 N–H and O–H groups in total. The van der Waals surface area contributed by atoms with Crippen molar-refractivity contribution in [3.05, 3.63) is 102 Å². The molecule has 0 saturated carbocycles. The minimum Gasteiger partial charge on any atom is -0.483 e. The van der Waals surface area contributed by atoms with Gasteiger partial charge in [-0.2, -0.15) is 0 Å². The zero-order chi connectivity index (χ0) is 22.3. The Hall–Kier alpha value is -3.92. The number of hydrogen-bond acceptors (Lipinski definition) is 3. The number of ether oxygens (including phenoxy) is 1. The average molecular weight is 423 g/mol. The number of nitrogens with one attached hydrogen (secondary N) is 1. The van der Waals surface area contributed by atoms with Crippen molar-refractivity contribution in [2.24, 2.45) is 4.99 Å². The van der Waals surface area contributed by atoms with Crippen LogP contribution in [0.5, 0.6) is 5.75 Å². The summed E-state index contributed by atoms with van der Waals surface area (Å²) < 4.78 is 5.93. The molecular formula is C28H26N2O2. The zero-order valence-corrected chi connectivity index (χ0v) is 18.3. The van der Waals surface area contributed by atoms with Crippen molar-refractivity contribution < 1.29 is 9.53 Å². The van der Waals surface area contributed by atoms with Crippen LogP contribution >= 0.6 is 0 Å². The summed E-state index contributed by atoms with van der Waals surface area (Å²) in [7, 11) is 0. The van der Waals surface area contributed by atoms with Crippen LogP contribution in [0.3, 0.4) is 0 Å². The number of amides is 1. The van der Waals surface area contributed by atoms with E-state index in [1.54, 1.807) is 0 Å². The molecule has 0 fully saturated rings. The van der Waals surface area contributed by atoms with Gasteiger partial charge in [-0.05, 0) is 65.6 Å². The molecule has 0 aliphatic rings. The Balaban J connectivity index is 1.56. The Bertz CT molecular complexity index is 1260. The van der Waals surface area contributed by atoms with Crippen LogP contribution in [0.2, 0.25) is 0 Å². The molecule has 1 amide bonds. The second kappa shape index (κ2) is 9.92. The zero-order valence-electron chi connectivity index (χ0n) is 18.3. The van der Waals surface area contributed by atoms with Gasteiger partial charge in [-0.25, -0.2) is 0 Å². The number of nitrogens with zero attached hydrogens (tertiary/aromatic N) is 1. The molecule has 4 rings (SSSR count). The van der Waals surface area contributed by atoms with Gasteiger partial charge in [0, 0.05) is 17.5 Å². The monoisotopic (exact) mass is 422 g/mol. The fourth-order valence-electron chi connectivity index (χ4n) is 3.55. The fourth-order valence-corrected chi connectivity index (χ4v) is 3.55. The normalized spacial score (nSPS) is 11.1. The number of rotatable bonds is 7. The van der Waals surface area contributed by atoms with E-state index in [-0.39, 0.29) is 12.5 Å². The predicted molar refractivity (Wildman–Crippen MR) is 132 cm³/mol. The first kappa shape index (κ1) is 21.3. The molecule has 32 heavy (non-hydrogen) atoms. The fraction of sp³-hybridized carbons (Fsp3) is 0.143. The van der Waals surface area contributed by atoms with Crippen LogP contribution < -0.4 is 10.1 Å². The Morgan fingerprint density at radius 3 is 2.56 bits per heavy atom. The summed E-state index contributed by atoms with van der Waals surface area (Å²) in [5.74, 6) is 0.416. The Kier molecular flexibility index (Phi) is 6.61. The molecule has 0 aliphatic heterocycles. The van der Waals surface area contributed by atoms with E-state index in [2.05, 4.69) is 35.4 Å². The topological polar surface area (TPSA) is 50.7 Å². The molecular weight excluding hydrogens is 396 g/mol. The Morgan fingerprint density at radius 1 is 0.969 bits per heavy atom. The van der Waals surface area contributed by atoms with Gasteiger partial charge < -0.3 is 10.1 Å². The molecule has 0 aliphatic carbocycles. The van der Waals surface area contributed by atoms with E-state index in [1.807, 2.05) is 79.9 Å². The van der Waals surface area contributed by atoms with E-state index < -0.39 is 0 Å². The van der Waals surface area contributed by atoms with Crippen LogP contribution in [0.15, 0.2) is 89.9 Å². The third-order valence-electron chi connectivity index (χ3n) is 5.28. The van der Waals surface area contributed by atoms with Crippen molar-refractivity contribution in [3.63, 3.8) is 0 Å². The second-order valence-electron chi connectivity index (χ2n) is 7.68. The molecule has 4 nitrogen and oxygen atoms in total. The van der Waals surface area contributed by atoms with E-state index in [1.165, 1.54) is 5.56 Å². The summed E-state index contributed by atoms with van der Waals surface area (Å²) in [6, 6.07) is 27.9. The number of carbonyl (C=O) groups excluding carboxylic acids is 1. The van der Waals surface area contributed by atoms with Crippen molar-refractivity contribution in [2.45, 2.75) is 20.3 Å². The summed E-state index contributed by atoms with van der Waals surface area (Å²) >= 11 is 0. The highest BCUT2D eigenvalue weighted by Gasteiger charge is 2.10. The van der Waals surface area contributed by atoms with Gasteiger partial charge in [-0.3, -0.25) is 9.79 Å². The summed E-state index contributed by atoms with van der Waals surface area (Å²) in [6.45, 7) is 4.04. The highest BCUT2D eigenvalue weighted by molar-refractivity contribution is 6.03. The summed E-state index contributed by atoms with van der Waals surface area (Å²) in [4.78, 5) is 17.1. The average Bonchev–Trinajstić information content (AvgIpc) is 2.82. The van der Waals surface area contributed by atoms with E-state index in [9.17, 15) is 4.79 Å². The largest absolute Gasteiger partial charge is 0.483 e. The second-order valence-corrected chi connectivity index (χ2v) is 7.68. The minimum atomic E-state index is -0.207. The first-order valence-electron chi connectivity index (χ1n) is 10.8. The van der Waals surface area contributed by atoms with E-state index in [0.29, 0.717) is 5.75 Å². The van der Waals surface area contributed by atoms with E-state index >= 15 is 0 Å². The van der Waals surface area contributed by atoms with Crippen molar-refractivity contribution in [1.82, 2.24) is 0 Å². The quantitative estimate of drug-likeness (QED) is 0.347. The van der Waals surface area contributed by atoms with Crippen molar-refractivity contribution in [2.75, 3.05) is 11.9 Å². The number of aryl methyl sites for hydroxylation is 2. The lowest BCUT2D eigenvalue weighted by molar-refractivity contribution is -0.118. The van der Waals surface area contributed by atoms with Crippen LogP contribution in [0, 0.1) is 6.92 Å². The lowest BCUT2D eigenvalue weighted by Gasteiger charge is -2.12. The molecule has 0 spiro atoms. The molecule has 4 heteroatoms. The summed E-state index contributed by atoms with van der Waals surface area (Å²) in [5, 5.41) is 5.00. The van der Waals surface area contributed by atoms with Crippen molar-refractivity contribution in [3.8, 4) is 5.75 Å². The van der Waals surface area contributed by atoms with Gasteiger partial charge in [0.05, 0.1) is 5.69 Å². The van der Waals surface area contributed by atoms with Gasteiger partial charge in [0.2, 0.25) is 0 Å². The minimum absolute atomic E-state index is 0.0850. The molecule has 0 heterocycles. The number of anilines is 1. The van der Waals surface area contributed by atoms with E-state index in [0.717, 1.165) is 39.7 Å². The van der Waals surface area contributed by atoms with E-state index in [4.69, 9.17) is 4.74 Å². The number of aliphatic imine (C=N–C) groups is 1. The standard InChI is InChI=1S/C28H26N2O2/c1-3-21-11-14-23(15-12-21)29-18-26-25-10-5-4-8-22(25)13-16-27(26)32-19-28(31)30-24-9-6-7-20(2)17-24/h4-18H,3,19H2,1-2H3,(H,30,31). The molecule has 4 aromatic rings. The number of hydrogen-bond donors (Lipinski definition) is 1. The molecule has 160 valence electrons. The van der Waals surface area contributed by atoms with Crippen LogP contribution in [0.4, 0.5) is 11.4 Å². The van der Waals surface area contributed by atoms with Crippen molar-refractivity contribution in [1.29, 1.82) is 0 Å². The maximum atomic E-state index is 12.4. The van der Waals surface area contributed by atoms with Crippen LogP contribution in [-0.2, 0) is 11.2 Å². The summed E-state index contributed by atoms with van der Waals surface area (Å²) in [6.07, 6.45) is 2.81. The van der Waals surface area contributed by atoms with Crippen molar-refractivity contribution >= 4 is 34.3 Å². The van der Waals surface area contributed by atoms with Gasteiger partial charge >= 0.3 is 0 Å². The number of carbonyl (C=O) groups is 1. The number of benzene rings is 4. The Labute approximate surface area is 188 Å². The van der Waals surface area contributed by atoms with Gasteiger partial charge in [0.1, 0.15) is 5.75 Å². The lowest BCUT2D eigenvalue weighted by Crippen LogP contribution is -2.20. The molecule has 0 unspecified atom stereocenters. The van der Waals surface area contributed by atoms with Crippen LogP contribution in [0.25, 0.3) is 10.8 Å². The third-order valence-corrected chi connectivity index (χ3v) is 5.28. The molecule has 0 radical (unpaired) electrons. The molecule has 0 aromatic heterocycles. The maximum Gasteiger partial charge on any atom is 0.262 e. The van der Waals surface area contributed by atoms with Crippen LogP contribution in [-0.4, -0.2) is 18.7 Å². The van der Waals surface area contributed by atoms with Gasteiger partial charge in [-0.15, -0.1) is 0 Å². The summed E-state index contributed by atoms with van der Waals surface area (Å²) in [5.41, 5.74) is 4.85. The van der Waals surface area contributed by atoms with Gasteiger partial charge in [0.25, 0.3) is 5.91 Å². The maximum absolute atomic E-state index is 12.4. The Morgan fingerprint density at radius 2 is 1.78 bits per heavy atom.